The van der Waals surface area contributed by atoms with Gasteiger partial charge in [-0.1, -0.05) is 12.1 Å². The maximum atomic E-state index is 10.1. The molecule has 1 aromatic rings. The number of aromatic hydroxyl groups is 1. The van der Waals surface area contributed by atoms with Gasteiger partial charge in [-0.2, -0.15) is 0 Å². The summed E-state index contributed by atoms with van der Waals surface area (Å²) in [6, 6.07) is 5.80. The fraction of sp³-hybridized carbons (Fsp3) is 0.600. The van der Waals surface area contributed by atoms with Gasteiger partial charge in [0, 0.05) is 5.46 Å². The molecular weight excluding hydrogens is 239 g/mol. The smallest absolute Gasteiger partial charge is 0.498 e. The van der Waals surface area contributed by atoms with Gasteiger partial charge in [-0.3, -0.25) is 0 Å². The molecule has 0 spiro atoms. The Bertz CT molecular complexity index is 490. The largest absolute Gasteiger partial charge is 0.508 e. The second-order valence-corrected chi connectivity index (χ2v) is 6.68. The van der Waals surface area contributed by atoms with Gasteiger partial charge in [0.15, 0.2) is 0 Å². The van der Waals surface area contributed by atoms with Crippen LogP contribution in [0, 0.1) is 0 Å². The van der Waals surface area contributed by atoms with Crippen LogP contribution >= 0.6 is 0 Å². The third kappa shape index (κ3) is 2.17. The summed E-state index contributed by atoms with van der Waals surface area (Å²) in [4.78, 5) is 0. The van der Waals surface area contributed by atoms with Crippen LogP contribution in [-0.4, -0.2) is 23.4 Å². The van der Waals surface area contributed by atoms with Crippen molar-refractivity contribution in [2.24, 2.45) is 0 Å². The van der Waals surface area contributed by atoms with E-state index in [1.165, 1.54) is 18.4 Å². The number of hydrogen-bond donors (Lipinski definition) is 1. The highest BCUT2D eigenvalue weighted by molar-refractivity contribution is 6.63. The highest BCUT2D eigenvalue weighted by Crippen LogP contribution is 2.41. The molecule has 1 aromatic carbocycles. The van der Waals surface area contributed by atoms with E-state index in [0.717, 1.165) is 5.46 Å². The van der Waals surface area contributed by atoms with Crippen LogP contribution in [0.2, 0.25) is 0 Å². The van der Waals surface area contributed by atoms with Crippen molar-refractivity contribution in [2.75, 3.05) is 0 Å². The first-order valence-corrected chi connectivity index (χ1v) is 6.99. The van der Waals surface area contributed by atoms with Crippen molar-refractivity contribution in [3.8, 4) is 5.75 Å². The van der Waals surface area contributed by atoms with Crippen LogP contribution < -0.4 is 5.46 Å². The summed E-state index contributed by atoms with van der Waals surface area (Å²) in [6.07, 6.45) is 2.49. The molecule has 2 aliphatic rings. The predicted octanol–water partition coefficient (Wildman–Crippen LogP) is 2.57. The molecule has 1 aliphatic carbocycles. The van der Waals surface area contributed by atoms with Crippen LogP contribution in [0.5, 0.6) is 5.75 Å². The van der Waals surface area contributed by atoms with Crippen molar-refractivity contribution < 1.29 is 14.4 Å². The zero-order valence-corrected chi connectivity index (χ0v) is 12.1. The summed E-state index contributed by atoms with van der Waals surface area (Å²) in [6.45, 7) is 8.09. The summed E-state index contributed by atoms with van der Waals surface area (Å²) in [7, 11) is -0.483. The van der Waals surface area contributed by atoms with E-state index in [1.54, 1.807) is 6.07 Å². The van der Waals surface area contributed by atoms with Crippen LogP contribution in [-0.2, 0) is 9.31 Å². The molecule has 0 radical (unpaired) electrons. The van der Waals surface area contributed by atoms with Gasteiger partial charge in [0.05, 0.1) is 11.2 Å². The van der Waals surface area contributed by atoms with Crippen LogP contribution in [0.4, 0.5) is 0 Å². The Labute approximate surface area is 115 Å². The quantitative estimate of drug-likeness (QED) is 0.830. The third-order valence-corrected chi connectivity index (χ3v) is 4.61. The van der Waals surface area contributed by atoms with Gasteiger partial charge in [-0.25, -0.2) is 0 Å². The van der Waals surface area contributed by atoms with Crippen molar-refractivity contribution in [2.45, 2.75) is 57.7 Å². The first-order valence-electron chi connectivity index (χ1n) is 6.99. The summed E-state index contributed by atoms with van der Waals surface area (Å²) in [5.41, 5.74) is 1.28. The van der Waals surface area contributed by atoms with Crippen molar-refractivity contribution in [1.29, 1.82) is 0 Å². The fourth-order valence-electron chi connectivity index (χ4n) is 2.40. The molecule has 1 heterocycles. The number of benzene rings is 1. The van der Waals surface area contributed by atoms with E-state index in [-0.39, 0.29) is 17.0 Å². The third-order valence-electron chi connectivity index (χ3n) is 4.61. The molecule has 1 saturated carbocycles. The predicted molar refractivity (Wildman–Crippen MR) is 75.8 cm³/mol. The lowest BCUT2D eigenvalue weighted by atomic mass is 9.77. The minimum absolute atomic E-state index is 0.253. The maximum Gasteiger partial charge on any atom is 0.498 e. The normalized spacial score (nSPS) is 24.7. The maximum absolute atomic E-state index is 10.1. The second kappa shape index (κ2) is 4.00. The first-order chi connectivity index (χ1) is 8.80. The molecule has 0 amide bonds. The highest BCUT2D eigenvalue weighted by Gasteiger charge is 2.52. The highest BCUT2D eigenvalue weighted by atomic mass is 16.7. The Kier molecular flexibility index (Phi) is 2.74. The lowest BCUT2D eigenvalue weighted by molar-refractivity contribution is 0.00578. The Hall–Kier alpha value is -0.995. The number of rotatable bonds is 2. The molecule has 0 aromatic heterocycles. The minimum Gasteiger partial charge on any atom is -0.508 e. The van der Waals surface area contributed by atoms with E-state index in [2.05, 4.69) is 0 Å². The van der Waals surface area contributed by atoms with Crippen LogP contribution in [0.25, 0.3) is 0 Å². The molecule has 4 heteroatoms. The van der Waals surface area contributed by atoms with E-state index in [4.69, 9.17) is 9.31 Å². The van der Waals surface area contributed by atoms with Gasteiger partial charge >= 0.3 is 7.12 Å². The monoisotopic (exact) mass is 260 g/mol. The molecule has 102 valence electrons. The van der Waals surface area contributed by atoms with E-state index >= 15 is 0 Å². The van der Waals surface area contributed by atoms with Gasteiger partial charge < -0.3 is 14.4 Å². The second-order valence-electron chi connectivity index (χ2n) is 6.68. The molecule has 19 heavy (non-hydrogen) atoms. The standard InChI is InChI=1S/C15H21BO3/c1-14(2)15(3,4)19-16(18-14)12-9-11(10-5-6-10)7-8-13(12)17/h7-10,17H,5-6H2,1-4H3. The van der Waals surface area contributed by atoms with Crippen molar-refractivity contribution in [3.05, 3.63) is 23.8 Å². The van der Waals surface area contributed by atoms with Gasteiger partial charge in [0.25, 0.3) is 0 Å². The first kappa shape index (κ1) is 13.0. The molecule has 3 nitrogen and oxygen atoms in total. The SMILES string of the molecule is CC1(C)OB(c2cc(C3CC3)ccc2O)OC1(C)C. The van der Waals surface area contributed by atoms with Gasteiger partial charge in [-0.05, 0) is 58.1 Å². The Balaban J connectivity index is 1.92. The summed E-state index contributed by atoms with van der Waals surface area (Å²) >= 11 is 0. The van der Waals surface area contributed by atoms with Crippen LogP contribution in [0.15, 0.2) is 18.2 Å². The van der Waals surface area contributed by atoms with Crippen LogP contribution in [0.1, 0.15) is 52.0 Å². The van der Waals surface area contributed by atoms with Crippen molar-refractivity contribution in [3.63, 3.8) is 0 Å². The number of hydrogen-bond acceptors (Lipinski definition) is 3. The fourth-order valence-corrected chi connectivity index (χ4v) is 2.40. The van der Waals surface area contributed by atoms with Gasteiger partial charge in [-0.15, -0.1) is 0 Å². The Morgan fingerprint density at radius 2 is 1.68 bits per heavy atom. The Morgan fingerprint density at radius 1 is 1.11 bits per heavy atom. The van der Waals surface area contributed by atoms with Gasteiger partial charge in [0.2, 0.25) is 0 Å². The molecular formula is C15H21BO3. The zero-order valence-electron chi connectivity index (χ0n) is 12.1. The average molecular weight is 260 g/mol. The van der Waals surface area contributed by atoms with Gasteiger partial charge in [0.1, 0.15) is 5.75 Å². The van der Waals surface area contributed by atoms with E-state index < -0.39 is 7.12 Å². The lowest BCUT2D eigenvalue weighted by Gasteiger charge is -2.32. The molecule has 0 bridgehead atoms. The topological polar surface area (TPSA) is 38.7 Å². The molecule has 0 unspecified atom stereocenters. The number of phenolic OH excluding ortho intramolecular Hbond substituents is 1. The summed E-state index contributed by atoms with van der Waals surface area (Å²) < 4.78 is 12.0. The summed E-state index contributed by atoms with van der Waals surface area (Å²) in [5, 5.41) is 10.1. The van der Waals surface area contributed by atoms with Crippen molar-refractivity contribution >= 4 is 12.6 Å². The van der Waals surface area contributed by atoms with Crippen molar-refractivity contribution in [1.82, 2.24) is 0 Å². The minimum atomic E-state index is -0.483. The Morgan fingerprint density at radius 3 is 2.21 bits per heavy atom. The van der Waals surface area contributed by atoms with E-state index in [1.807, 2.05) is 39.8 Å². The molecule has 1 N–H and O–H groups in total. The molecule has 1 saturated heterocycles. The number of phenols is 1. The summed E-state index contributed by atoms with van der Waals surface area (Å²) in [5.74, 6) is 0.907. The molecule has 2 fully saturated rings. The zero-order chi connectivity index (χ0) is 13.8. The van der Waals surface area contributed by atoms with E-state index in [0.29, 0.717) is 5.92 Å². The molecule has 3 rings (SSSR count). The van der Waals surface area contributed by atoms with E-state index in [9.17, 15) is 5.11 Å². The lowest BCUT2D eigenvalue weighted by Crippen LogP contribution is -2.41. The van der Waals surface area contributed by atoms with Crippen LogP contribution in [0.3, 0.4) is 0 Å². The molecule has 0 atom stereocenters. The average Bonchev–Trinajstić information content (AvgIpc) is 3.08. The molecule has 1 aliphatic heterocycles.